The maximum absolute atomic E-state index is 13.4. The van der Waals surface area contributed by atoms with Crippen LogP contribution in [0.5, 0.6) is 5.75 Å². The predicted octanol–water partition coefficient (Wildman–Crippen LogP) is 1.87. The van der Waals surface area contributed by atoms with Crippen LogP contribution in [-0.2, 0) is 37.1 Å². The van der Waals surface area contributed by atoms with E-state index in [4.69, 9.17) is 9.69 Å². The van der Waals surface area contributed by atoms with Gasteiger partial charge in [-0.15, -0.1) is 0 Å². The van der Waals surface area contributed by atoms with Gasteiger partial charge in [0.2, 0.25) is 0 Å². The standard InChI is InChI=1S/C22H23N3O9S3/c1-16-2-12-21(13-3-16)35(27,28)25(15-14-17-4-10-20(11-5-17)34-36(23,29)30)22(26)18-6-8-19(9-7-18)24-37(31,32)33/h2-13,24H,14-15H2,1H3,(H2,23,29,30)(H,31,32,33). The van der Waals surface area contributed by atoms with Gasteiger partial charge in [-0.3, -0.25) is 14.1 Å². The highest BCUT2D eigenvalue weighted by Gasteiger charge is 2.30. The zero-order valence-electron chi connectivity index (χ0n) is 19.3. The van der Waals surface area contributed by atoms with Crippen LogP contribution in [-0.4, -0.2) is 46.6 Å². The van der Waals surface area contributed by atoms with E-state index >= 15 is 0 Å². The minimum absolute atomic E-state index is 0.0335. The average molecular weight is 570 g/mol. The van der Waals surface area contributed by atoms with Crippen molar-refractivity contribution in [1.29, 1.82) is 0 Å². The summed E-state index contributed by atoms with van der Waals surface area (Å²) in [6.45, 7) is 1.51. The Morgan fingerprint density at radius 2 is 1.46 bits per heavy atom. The number of amides is 1. The van der Waals surface area contributed by atoms with E-state index in [0.717, 1.165) is 5.56 Å². The Balaban J connectivity index is 1.90. The lowest BCUT2D eigenvalue weighted by atomic mass is 10.1. The van der Waals surface area contributed by atoms with E-state index in [0.29, 0.717) is 9.87 Å². The third kappa shape index (κ3) is 7.99. The Hall–Kier alpha value is -3.50. The molecular weight excluding hydrogens is 546 g/mol. The summed E-state index contributed by atoms with van der Waals surface area (Å²) in [5.74, 6) is -0.904. The fourth-order valence-corrected chi connectivity index (χ4v) is 5.42. The number of nitrogens with zero attached hydrogens (tertiary/aromatic N) is 1. The van der Waals surface area contributed by atoms with Crippen LogP contribution in [0.15, 0.2) is 77.7 Å². The topological polar surface area (TPSA) is 190 Å². The monoisotopic (exact) mass is 569 g/mol. The second kappa shape index (κ2) is 10.9. The molecule has 198 valence electrons. The summed E-state index contributed by atoms with van der Waals surface area (Å²) in [5, 5.41) is 4.84. The van der Waals surface area contributed by atoms with Crippen molar-refractivity contribution in [2.75, 3.05) is 11.3 Å². The number of sulfonamides is 1. The number of benzene rings is 3. The molecule has 0 aliphatic heterocycles. The van der Waals surface area contributed by atoms with E-state index < -0.39 is 36.5 Å². The molecule has 0 saturated heterocycles. The number of carbonyl (C=O) groups is 1. The summed E-state index contributed by atoms with van der Waals surface area (Å²) in [6.07, 6.45) is 0.0783. The third-order valence-electron chi connectivity index (χ3n) is 4.95. The first-order valence-electron chi connectivity index (χ1n) is 10.4. The third-order valence-corrected chi connectivity index (χ3v) is 7.67. The smallest absolute Gasteiger partial charge is 0.371 e. The van der Waals surface area contributed by atoms with Gasteiger partial charge < -0.3 is 4.18 Å². The van der Waals surface area contributed by atoms with E-state index in [1.807, 2.05) is 4.72 Å². The van der Waals surface area contributed by atoms with E-state index in [-0.39, 0.29) is 34.9 Å². The van der Waals surface area contributed by atoms with Gasteiger partial charge in [0.15, 0.2) is 0 Å². The summed E-state index contributed by atoms with van der Waals surface area (Å²) < 4.78 is 87.0. The summed E-state index contributed by atoms with van der Waals surface area (Å²) in [5.41, 5.74) is 1.31. The number of nitrogens with one attached hydrogen (secondary N) is 1. The van der Waals surface area contributed by atoms with Crippen LogP contribution in [0.2, 0.25) is 0 Å². The van der Waals surface area contributed by atoms with Gasteiger partial charge in [-0.05, 0) is 67.4 Å². The molecule has 0 aliphatic carbocycles. The number of hydrogen-bond donors (Lipinski definition) is 3. The van der Waals surface area contributed by atoms with Crippen molar-refractivity contribution >= 4 is 42.2 Å². The molecule has 0 saturated carbocycles. The lowest BCUT2D eigenvalue weighted by Gasteiger charge is -2.23. The Morgan fingerprint density at radius 3 is 1.97 bits per heavy atom. The van der Waals surface area contributed by atoms with Gasteiger partial charge in [0, 0.05) is 12.1 Å². The van der Waals surface area contributed by atoms with Crippen molar-refractivity contribution in [2.45, 2.75) is 18.2 Å². The summed E-state index contributed by atoms with van der Waals surface area (Å²) in [6, 6.07) is 16.4. The predicted molar refractivity (Wildman–Crippen MR) is 135 cm³/mol. The molecule has 12 nitrogen and oxygen atoms in total. The number of hydrogen-bond acceptors (Lipinski definition) is 8. The number of rotatable bonds is 10. The van der Waals surface area contributed by atoms with Crippen LogP contribution in [0.3, 0.4) is 0 Å². The number of aryl methyl sites for hydroxylation is 1. The van der Waals surface area contributed by atoms with E-state index in [1.54, 1.807) is 19.1 Å². The van der Waals surface area contributed by atoms with E-state index in [9.17, 15) is 30.0 Å². The molecule has 37 heavy (non-hydrogen) atoms. The molecule has 3 rings (SSSR count). The molecule has 0 atom stereocenters. The van der Waals surface area contributed by atoms with Crippen LogP contribution in [0.4, 0.5) is 5.69 Å². The zero-order valence-corrected chi connectivity index (χ0v) is 21.8. The molecule has 0 spiro atoms. The van der Waals surface area contributed by atoms with Crippen LogP contribution in [0.25, 0.3) is 0 Å². The van der Waals surface area contributed by atoms with Crippen molar-refractivity contribution in [3.63, 3.8) is 0 Å². The van der Waals surface area contributed by atoms with Crippen molar-refractivity contribution < 1.29 is 38.8 Å². The Kier molecular flexibility index (Phi) is 8.24. The molecule has 0 aliphatic rings. The molecule has 0 unspecified atom stereocenters. The zero-order chi connectivity index (χ0) is 27.4. The molecule has 0 fully saturated rings. The van der Waals surface area contributed by atoms with Gasteiger partial charge in [0.1, 0.15) is 5.75 Å². The Labute approximate surface area is 214 Å². The Bertz CT molecular complexity index is 1590. The first-order chi connectivity index (χ1) is 17.1. The number of nitrogens with two attached hydrogens (primary N) is 1. The highest BCUT2D eigenvalue weighted by atomic mass is 32.2. The lowest BCUT2D eigenvalue weighted by molar-refractivity contribution is 0.0862. The van der Waals surface area contributed by atoms with E-state index in [2.05, 4.69) is 4.18 Å². The van der Waals surface area contributed by atoms with Crippen LogP contribution in [0.1, 0.15) is 21.5 Å². The maximum atomic E-state index is 13.4. The minimum atomic E-state index is -4.53. The molecule has 0 radical (unpaired) electrons. The summed E-state index contributed by atoms with van der Waals surface area (Å²) >= 11 is 0. The fourth-order valence-electron chi connectivity index (χ4n) is 3.22. The number of anilines is 1. The van der Waals surface area contributed by atoms with Crippen LogP contribution in [0, 0.1) is 6.92 Å². The molecule has 3 aromatic carbocycles. The highest BCUT2D eigenvalue weighted by molar-refractivity contribution is 7.89. The second-order valence-electron chi connectivity index (χ2n) is 7.82. The van der Waals surface area contributed by atoms with Crippen molar-refractivity contribution in [2.24, 2.45) is 5.14 Å². The second-order valence-corrected chi connectivity index (χ2v) is 12.0. The molecule has 0 bridgehead atoms. The molecule has 0 aromatic heterocycles. The summed E-state index contributed by atoms with van der Waals surface area (Å²) in [4.78, 5) is 13.2. The van der Waals surface area contributed by atoms with Gasteiger partial charge in [0.25, 0.3) is 15.9 Å². The minimum Gasteiger partial charge on any atom is -0.371 e. The lowest BCUT2D eigenvalue weighted by Crippen LogP contribution is -2.38. The largest absolute Gasteiger partial charge is 0.380 e. The van der Waals surface area contributed by atoms with Gasteiger partial charge in [-0.1, -0.05) is 29.8 Å². The van der Waals surface area contributed by atoms with Crippen LogP contribution < -0.4 is 14.0 Å². The number of carbonyl (C=O) groups excluding carboxylic acids is 1. The quantitative estimate of drug-likeness (QED) is 0.306. The maximum Gasteiger partial charge on any atom is 0.380 e. The first-order valence-corrected chi connectivity index (χ1v) is 14.8. The van der Waals surface area contributed by atoms with Crippen LogP contribution >= 0.6 is 0 Å². The highest BCUT2D eigenvalue weighted by Crippen LogP contribution is 2.22. The van der Waals surface area contributed by atoms with Gasteiger partial charge in [-0.25, -0.2) is 12.7 Å². The van der Waals surface area contributed by atoms with Crippen molar-refractivity contribution in [3.05, 3.63) is 89.5 Å². The molecule has 3 aromatic rings. The van der Waals surface area contributed by atoms with Gasteiger partial charge >= 0.3 is 20.6 Å². The normalized spacial score (nSPS) is 12.1. The van der Waals surface area contributed by atoms with Crippen molar-refractivity contribution in [3.8, 4) is 5.75 Å². The molecular formula is C22H23N3O9S3. The van der Waals surface area contributed by atoms with Crippen molar-refractivity contribution in [1.82, 2.24) is 4.31 Å². The Morgan fingerprint density at radius 1 is 0.892 bits per heavy atom. The first kappa shape index (κ1) is 28.1. The van der Waals surface area contributed by atoms with Gasteiger partial charge in [0.05, 0.1) is 10.6 Å². The molecule has 1 amide bonds. The summed E-state index contributed by atoms with van der Waals surface area (Å²) in [7, 11) is -13.0. The molecule has 0 heterocycles. The molecule has 4 N–H and O–H groups in total. The van der Waals surface area contributed by atoms with E-state index in [1.165, 1.54) is 60.7 Å². The average Bonchev–Trinajstić information content (AvgIpc) is 2.79. The fraction of sp³-hybridized carbons (Fsp3) is 0.136. The SMILES string of the molecule is Cc1ccc(S(=O)(=O)N(CCc2ccc(OS(N)(=O)=O)cc2)C(=O)c2ccc(NS(=O)(=O)O)cc2)cc1. The molecule has 15 heteroatoms. The van der Waals surface area contributed by atoms with Gasteiger partial charge in [-0.2, -0.15) is 22.0 Å².